The maximum atomic E-state index is 11.3. The van der Waals surface area contributed by atoms with Gasteiger partial charge in [-0.2, -0.15) is 5.10 Å². The third-order valence-electron chi connectivity index (χ3n) is 3.92. The molecule has 1 aliphatic heterocycles. The van der Waals surface area contributed by atoms with Crippen molar-refractivity contribution in [2.75, 3.05) is 0 Å². The molecule has 0 saturated carbocycles. The van der Waals surface area contributed by atoms with Crippen molar-refractivity contribution in [2.24, 2.45) is 5.92 Å². The number of benzene rings is 1. The summed E-state index contributed by atoms with van der Waals surface area (Å²) >= 11 is 0. The molecule has 0 bridgehead atoms. The molecule has 0 amide bonds. The van der Waals surface area contributed by atoms with E-state index < -0.39 is 5.97 Å². The molecule has 0 radical (unpaired) electrons. The van der Waals surface area contributed by atoms with E-state index in [4.69, 9.17) is 0 Å². The maximum Gasteiger partial charge on any atom is 0.336 e. The second-order valence-corrected chi connectivity index (χ2v) is 6.36. The second kappa shape index (κ2) is 5.93. The van der Waals surface area contributed by atoms with Crippen LogP contribution in [0.5, 0.6) is 0 Å². The van der Waals surface area contributed by atoms with E-state index in [0.717, 1.165) is 30.8 Å². The highest BCUT2D eigenvalue weighted by atomic mass is 16.4. The van der Waals surface area contributed by atoms with Gasteiger partial charge in [0.1, 0.15) is 0 Å². The summed E-state index contributed by atoms with van der Waals surface area (Å²) in [5.74, 6) is -0.273. The van der Waals surface area contributed by atoms with Crippen LogP contribution < -0.4 is 0 Å². The molecule has 0 spiro atoms. The van der Waals surface area contributed by atoms with E-state index >= 15 is 0 Å². The van der Waals surface area contributed by atoms with E-state index in [1.807, 2.05) is 23.0 Å². The molecule has 3 rings (SSSR count). The summed E-state index contributed by atoms with van der Waals surface area (Å²) in [5.41, 5.74) is 3.67. The molecular weight excluding hydrogens is 278 g/mol. The Kier molecular flexibility index (Phi) is 3.98. The molecular formula is C17H21N3O2. The minimum Gasteiger partial charge on any atom is -0.478 e. The fourth-order valence-electron chi connectivity index (χ4n) is 3.02. The van der Waals surface area contributed by atoms with Gasteiger partial charge in [0.25, 0.3) is 0 Å². The van der Waals surface area contributed by atoms with E-state index in [1.54, 1.807) is 6.07 Å². The number of rotatable bonds is 5. The van der Waals surface area contributed by atoms with Crippen molar-refractivity contribution in [3.05, 3.63) is 52.8 Å². The number of nitrogens with zero attached hydrogens (tertiary/aromatic N) is 3. The highest BCUT2D eigenvalue weighted by molar-refractivity contribution is 5.90. The molecule has 1 aromatic heterocycles. The number of carboxylic acid groups (broad SMARTS) is 1. The summed E-state index contributed by atoms with van der Waals surface area (Å²) in [5, 5.41) is 13.7. The van der Waals surface area contributed by atoms with Crippen LogP contribution in [0.25, 0.3) is 0 Å². The van der Waals surface area contributed by atoms with Crippen LogP contribution in [-0.4, -0.2) is 25.8 Å². The third kappa shape index (κ3) is 3.04. The fraction of sp³-hybridized carbons (Fsp3) is 0.412. The molecule has 0 aliphatic carbocycles. The lowest BCUT2D eigenvalue weighted by molar-refractivity contribution is 0.0695. The van der Waals surface area contributed by atoms with Gasteiger partial charge in [-0.1, -0.05) is 26.0 Å². The van der Waals surface area contributed by atoms with Crippen molar-refractivity contribution in [3.8, 4) is 0 Å². The van der Waals surface area contributed by atoms with Gasteiger partial charge in [-0.25, -0.2) is 4.79 Å². The molecule has 1 N–H and O–H groups in total. The van der Waals surface area contributed by atoms with Crippen LogP contribution in [0.4, 0.5) is 0 Å². The minimum atomic E-state index is -0.844. The predicted octanol–water partition coefficient (Wildman–Crippen LogP) is 2.75. The number of hydrogen-bond acceptors (Lipinski definition) is 3. The number of aromatic nitrogens is 2. The van der Waals surface area contributed by atoms with Crippen LogP contribution in [0.2, 0.25) is 0 Å². The number of aromatic carboxylic acids is 1. The van der Waals surface area contributed by atoms with Gasteiger partial charge >= 0.3 is 5.97 Å². The fourth-order valence-corrected chi connectivity index (χ4v) is 3.02. The van der Waals surface area contributed by atoms with Crippen molar-refractivity contribution >= 4 is 5.97 Å². The summed E-state index contributed by atoms with van der Waals surface area (Å²) in [6, 6.07) is 5.53. The van der Waals surface area contributed by atoms with Crippen LogP contribution >= 0.6 is 0 Å². The summed E-state index contributed by atoms with van der Waals surface area (Å²) < 4.78 is 1.98. The zero-order valence-corrected chi connectivity index (χ0v) is 13.0. The summed E-state index contributed by atoms with van der Waals surface area (Å²) in [6.45, 7) is 7.55. The number of carboxylic acids is 1. The van der Waals surface area contributed by atoms with Gasteiger partial charge in [-0.05, 0) is 23.1 Å². The summed E-state index contributed by atoms with van der Waals surface area (Å²) in [4.78, 5) is 13.6. The van der Waals surface area contributed by atoms with Crippen LogP contribution in [0.15, 0.2) is 30.6 Å². The molecule has 22 heavy (non-hydrogen) atoms. The Morgan fingerprint density at radius 2 is 2.18 bits per heavy atom. The largest absolute Gasteiger partial charge is 0.478 e. The van der Waals surface area contributed by atoms with E-state index in [-0.39, 0.29) is 0 Å². The van der Waals surface area contributed by atoms with Gasteiger partial charge in [0.2, 0.25) is 0 Å². The van der Waals surface area contributed by atoms with E-state index in [9.17, 15) is 9.90 Å². The molecule has 2 aromatic rings. The molecule has 0 fully saturated rings. The second-order valence-electron chi connectivity index (χ2n) is 6.36. The Morgan fingerprint density at radius 3 is 2.91 bits per heavy atom. The highest BCUT2D eigenvalue weighted by Crippen LogP contribution is 2.27. The van der Waals surface area contributed by atoms with Crippen LogP contribution in [-0.2, 0) is 26.2 Å². The molecule has 5 heteroatoms. The van der Waals surface area contributed by atoms with Gasteiger partial charge in [0.15, 0.2) is 0 Å². The zero-order chi connectivity index (χ0) is 15.7. The van der Waals surface area contributed by atoms with Crippen LogP contribution in [0, 0.1) is 5.92 Å². The van der Waals surface area contributed by atoms with Crippen molar-refractivity contribution in [1.82, 2.24) is 14.7 Å². The topological polar surface area (TPSA) is 58.4 Å². The zero-order valence-electron chi connectivity index (χ0n) is 13.0. The third-order valence-corrected chi connectivity index (χ3v) is 3.92. The van der Waals surface area contributed by atoms with Gasteiger partial charge in [-0.3, -0.25) is 9.58 Å². The van der Waals surface area contributed by atoms with Crippen LogP contribution in [0.1, 0.15) is 40.9 Å². The standard InChI is InChI=1S/C17H21N3O2/c1-12(2)7-20-9-13(6-18-20)8-19-10-14-4-3-5-15(17(21)22)16(14)11-19/h3-6,9,12H,7-8,10-11H2,1-2H3,(H,21,22). The Bertz CT molecular complexity index is 691. The Labute approximate surface area is 130 Å². The van der Waals surface area contributed by atoms with Crippen LogP contribution in [0.3, 0.4) is 0 Å². The predicted molar refractivity (Wildman–Crippen MR) is 83.4 cm³/mol. The van der Waals surface area contributed by atoms with E-state index in [2.05, 4.69) is 30.0 Å². The van der Waals surface area contributed by atoms with Crippen molar-refractivity contribution in [1.29, 1.82) is 0 Å². The monoisotopic (exact) mass is 299 g/mol. The lowest BCUT2D eigenvalue weighted by Gasteiger charge is -2.13. The Hall–Kier alpha value is -2.14. The average molecular weight is 299 g/mol. The molecule has 0 saturated heterocycles. The van der Waals surface area contributed by atoms with Gasteiger partial charge in [-0.15, -0.1) is 0 Å². The van der Waals surface area contributed by atoms with Gasteiger partial charge < -0.3 is 5.11 Å². The van der Waals surface area contributed by atoms with Crippen molar-refractivity contribution < 1.29 is 9.90 Å². The quantitative estimate of drug-likeness (QED) is 0.922. The molecule has 1 aromatic carbocycles. The first kappa shape index (κ1) is 14.8. The van der Waals surface area contributed by atoms with Crippen molar-refractivity contribution in [3.63, 3.8) is 0 Å². The van der Waals surface area contributed by atoms with Gasteiger partial charge in [0.05, 0.1) is 11.8 Å². The molecule has 5 nitrogen and oxygen atoms in total. The number of fused-ring (bicyclic) bond motifs is 1. The highest BCUT2D eigenvalue weighted by Gasteiger charge is 2.24. The summed E-state index contributed by atoms with van der Waals surface area (Å²) in [6.07, 6.45) is 3.99. The SMILES string of the molecule is CC(C)Cn1cc(CN2Cc3cccc(C(=O)O)c3C2)cn1. The normalized spacial score (nSPS) is 14.5. The lowest BCUT2D eigenvalue weighted by Crippen LogP contribution is -2.15. The van der Waals surface area contributed by atoms with E-state index in [0.29, 0.717) is 18.0 Å². The minimum absolute atomic E-state index is 0.426. The first-order chi connectivity index (χ1) is 10.5. The molecule has 1 aliphatic rings. The number of hydrogen-bond donors (Lipinski definition) is 1. The lowest BCUT2D eigenvalue weighted by atomic mass is 10.0. The summed E-state index contributed by atoms with van der Waals surface area (Å²) in [7, 11) is 0. The molecule has 0 atom stereocenters. The smallest absolute Gasteiger partial charge is 0.336 e. The molecule has 116 valence electrons. The first-order valence-corrected chi connectivity index (χ1v) is 7.60. The van der Waals surface area contributed by atoms with Gasteiger partial charge in [0, 0.05) is 37.9 Å². The van der Waals surface area contributed by atoms with E-state index in [1.165, 1.54) is 5.56 Å². The molecule has 0 unspecified atom stereocenters. The molecule has 2 heterocycles. The number of carbonyl (C=O) groups is 1. The Morgan fingerprint density at radius 1 is 1.36 bits per heavy atom. The van der Waals surface area contributed by atoms with Crippen molar-refractivity contribution in [2.45, 2.75) is 40.0 Å². The first-order valence-electron chi connectivity index (χ1n) is 7.60. The maximum absolute atomic E-state index is 11.3. The average Bonchev–Trinajstić information content (AvgIpc) is 3.03. The Balaban J connectivity index is 1.70.